The van der Waals surface area contributed by atoms with Crippen molar-refractivity contribution in [2.24, 2.45) is 0 Å². The standard InChI is InChI=1S/C33H38N2O6/c1-2-7-32(36)34-14-15-38-16-17-39-18-19-40-20-21-41-31-11-6-5-10-30(31)35-33(37)28-13-12-27-22-25-8-3-4-9-26(25)23-29(27)24-28/h3-6,8-13,22-24H,2,7,14-21H2,1H3,(H,34,36)(H,35,37). The molecule has 0 aliphatic heterocycles. The van der Waals surface area contributed by atoms with Gasteiger partial charge in [0.15, 0.2) is 0 Å². The number of nitrogens with one attached hydrogen (secondary N) is 2. The van der Waals surface area contributed by atoms with Crippen molar-refractivity contribution in [2.45, 2.75) is 19.8 Å². The fourth-order valence-electron chi connectivity index (χ4n) is 4.30. The number of ether oxygens (including phenoxy) is 4. The first-order valence-electron chi connectivity index (χ1n) is 14.1. The molecule has 0 spiro atoms. The SMILES string of the molecule is CCCC(=O)NCCOCCOCCOCCOc1ccccc1NC(=O)c1ccc2cc3ccccc3cc2c1. The summed E-state index contributed by atoms with van der Waals surface area (Å²) in [5.41, 5.74) is 1.18. The lowest BCUT2D eigenvalue weighted by molar-refractivity contribution is -0.121. The number of benzene rings is 4. The van der Waals surface area contributed by atoms with Crippen molar-refractivity contribution in [3.8, 4) is 5.75 Å². The minimum atomic E-state index is -0.199. The number of hydrogen-bond donors (Lipinski definition) is 2. The third-order valence-corrected chi connectivity index (χ3v) is 6.38. The van der Waals surface area contributed by atoms with Gasteiger partial charge in [0.2, 0.25) is 5.91 Å². The van der Waals surface area contributed by atoms with Crippen LogP contribution >= 0.6 is 0 Å². The quantitative estimate of drug-likeness (QED) is 0.130. The smallest absolute Gasteiger partial charge is 0.255 e. The normalized spacial score (nSPS) is 11.0. The molecule has 41 heavy (non-hydrogen) atoms. The number of anilines is 1. The van der Waals surface area contributed by atoms with Crippen LogP contribution in [0.25, 0.3) is 21.5 Å². The zero-order valence-corrected chi connectivity index (χ0v) is 23.5. The Labute approximate surface area is 240 Å². The van der Waals surface area contributed by atoms with Gasteiger partial charge in [0, 0.05) is 18.5 Å². The van der Waals surface area contributed by atoms with E-state index < -0.39 is 0 Å². The zero-order valence-electron chi connectivity index (χ0n) is 23.5. The minimum absolute atomic E-state index is 0.0525. The maximum absolute atomic E-state index is 13.1. The van der Waals surface area contributed by atoms with Crippen molar-refractivity contribution in [2.75, 3.05) is 58.1 Å². The van der Waals surface area contributed by atoms with Gasteiger partial charge in [0.05, 0.1) is 45.3 Å². The lowest BCUT2D eigenvalue weighted by Crippen LogP contribution is -2.27. The third kappa shape index (κ3) is 9.56. The number of fused-ring (bicyclic) bond motifs is 2. The van der Waals surface area contributed by atoms with Crippen LogP contribution in [0.4, 0.5) is 5.69 Å². The Hall–Kier alpha value is -3.98. The summed E-state index contributed by atoms with van der Waals surface area (Å²) in [7, 11) is 0. The molecule has 0 fully saturated rings. The van der Waals surface area contributed by atoms with E-state index in [2.05, 4.69) is 34.9 Å². The number of carbonyl (C=O) groups is 2. The van der Waals surface area contributed by atoms with Gasteiger partial charge in [-0.2, -0.15) is 0 Å². The van der Waals surface area contributed by atoms with Crippen LogP contribution in [0.2, 0.25) is 0 Å². The first kappa shape index (κ1) is 30.0. The van der Waals surface area contributed by atoms with Crippen molar-refractivity contribution < 1.29 is 28.5 Å². The maximum atomic E-state index is 13.1. The van der Waals surface area contributed by atoms with E-state index in [1.165, 1.54) is 5.39 Å². The Morgan fingerprint density at radius 2 is 1.27 bits per heavy atom. The van der Waals surface area contributed by atoms with Gasteiger partial charge in [0.25, 0.3) is 5.91 Å². The van der Waals surface area contributed by atoms with Gasteiger partial charge in [-0.05, 0) is 64.4 Å². The maximum Gasteiger partial charge on any atom is 0.255 e. The van der Waals surface area contributed by atoms with Crippen molar-refractivity contribution >= 4 is 39.0 Å². The summed E-state index contributed by atoms with van der Waals surface area (Å²) in [5, 5.41) is 10.2. The second-order valence-corrected chi connectivity index (χ2v) is 9.50. The highest BCUT2D eigenvalue weighted by Gasteiger charge is 2.11. The average molecular weight is 559 g/mol. The van der Waals surface area contributed by atoms with Crippen LogP contribution in [-0.4, -0.2) is 64.6 Å². The molecule has 2 N–H and O–H groups in total. The first-order chi connectivity index (χ1) is 20.1. The predicted octanol–water partition coefficient (Wildman–Crippen LogP) is 5.59. The summed E-state index contributed by atoms with van der Waals surface area (Å²) in [6.45, 7) is 5.48. The van der Waals surface area contributed by atoms with Crippen LogP contribution in [0.5, 0.6) is 5.75 Å². The molecule has 0 unspecified atom stereocenters. The summed E-state index contributed by atoms with van der Waals surface area (Å²) in [5.74, 6) is 0.432. The number of carbonyl (C=O) groups excluding carboxylic acids is 2. The van der Waals surface area contributed by atoms with Crippen LogP contribution in [-0.2, 0) is 19.0 Å². The molecular formula is C33H38N2O6. The predicted molar refractivity (Wildman–Crippen MR) is 162 cm³/mol. The highest BCUT2D eigenvalue weighted by molar-refractivity contribution is 6.08. The second-order valence-electron chi connectivity index (χ2n) is 9.50. The molecule has 8 heteroatoms. The summed E-state index contributed by atoms with van der Waals surface area (Å²) in [6.07, 6.45) is 1.38. The number of hydrogen-bond acceptors (Lipinski definition) is 6. The largest absolute Gasteiger partial charge is 0.489 e. The number of amides is 2. The molecule has 2 amide bonds. The molecule has 0 aliphatic rings. The molecule has 0 saturated carbocycles. The molecule has 0 aromatic heterocycles. The molecule has 0 atom stereocenters. The summed E-state index contributed by atoms with van der Waals surface area (Å²) >= 11 is 0. The molecule has 4 aromatic carbocycles. The van der Waals surface area contributed by atoms with Gasteiger partial charge in [-0.15, -0.1) is 0 Å². The second kappa shape index (κ2) is 16.3. The summed E-state index contributed by atoms with van der Waals surface area (Å²) in [6, 6.07) is 25.5. The molecule has 4 rings (SSSR count). The van der Waals surface area contributed by atoms with Gasteiger partial charge >= 0.3 is 0 Å². The van der Waals surface area contributed by atoms with E-state index in [0.717, 1.165) is 22.6 Å². The van der Waals surface area contributed by atoms with E-state index in [1.54, 1.807) is 0 Å². The van der Waals surface area contributed by atoms with Crippen molar-refractivity contribution in [3.63, 3.8) is 0 Å². The molecule has 0 saturated heterocycles. The van der Waals surface area contributed by atoms with Crippen molar-refractivity contribution in [1.29, 1.82) is 0 Å². The topological polar surface area (TPSA) is 95.1 Å². The fourth-order valence-corrected chi connectivity index (χ4v) is 4.30. The Bertz CT molecular complexity index is 1420. The monoisotopic (exact) mass is 558 g/mol. The Morgan fingerprint density at radius 3 is 2.00 bits per heavy atom. The highest BCUT2D eigenvalue weighted by Crippen LogP contribution is 2.26. The van der Waals surface area contributed by atoms with Crippen LogP contribution in [0, 0.1) is 0 Å². The number of para-hydroxylation sites is 2. The van der Waals surface area contributed by atoms with Crippen molar-refractivity contribution in [1.82, 2.24) is 5.32 Å². The van der Waals surface area contributed by atoms with Gasteiger partial charge in [-0.1, -0.05) is 49.4 Å². The molecular weight excluding hydrogens is 520 g/mol. The lowest BCUT2D eigenvalue weighted by Gasteiger charge is -2.13. The molecule has 4 aromatic rings. The molecule has 8 nitrogen and oxygen atoms in total. The molecule has 0 aliphatic carbocycles. The van der Waals surface area contributed by atoms with Crippen LogP contribution in [0.15, 0.2) is 78.9 Å². The van der Waals surface area contributed by atoms with E-state index in [9.17, 15) is 9.59 Å². The van der Waals surface area contributed by atoms with Crippen LogP contribution < -0.4 is 15.4 Å². The van der Waals surface area contributed by atoms with Gasteiger partial charge in [-0.25, -0.2) is 0 Å². The average Bonchev–Trinajstić information content (AvgIpc) is 2.99. The number of rotatable bonds is 17. The molecule has 216 valence electrons. The first-order valence-corrected chi connectivity index (χ1v) is 14.1. The van der Waals surface area contributed by atoms with E-state index in [0.29, 0.717) is 76.2 Å². The third-order valence-electron chi connectivity index (χ3n) is 6.38. The van der Waals surface area contributed by atoms with Crippen LogP contribution in [0.1, 0.15) is 30.1 Å². The van der Waals surface area contributed by atoms with Crippen molar-refractivity contribution in [3.05, 3.63) is 84.4 Å². The summed E-state index contributed by atoms with van der Waals surface area (Å²) < 4.78 is 22.4. The molecule has 0 heterocycles. The summed E-state index contributed by atoms with van der Waals surface area (Å²) in [4.78, 5) is 24.4. The zero-order chi connectivity index (χ0) is 28.7. The Balaban J connectivity index is 1.13. The Morgan fingerprint density at radius 1 is 0.659 bits per heavy atom. The van der Waals surface area contributed by atoms with E-state index >= 15 is 0 Å². The van der Waals surface area contributed by atoms with E-state index in [4.69, 9.17) is 18.9 Å². The molecule has 0 radical (unpaired) electrons. The molecule has 0 bridgehead atoms. The Kier molecular flexibility index (Phi) is 11.9. The van der Waals surface area contributed by atoms with Gasteiger partial charge in [0.1, 0.15) is 12.4 Å². The van der Waals surface area contributed by atoms with Crippen LogP contribution in [0.3, 0.4) is 0 Å². The lowest BCUT2D eigenvalue weighted by atomic mass is 10.0. The minimum Gasteiger partial charge on any atom is -0.489 e. The van der Waals surface area contributed by atoms with E-state index in [-0.39, 0.29) is 11.8 Å². The van der Waals surface area contributed by atoms with Gasteiger partial charge in [-0.3, -0.25) is 9.59 Å². The highest BCUT2D eigenvalue weighted by atomic mass is 16.6. The fraction of sp³-hybridized carbons (Fsp3) is 0.333. The van der Waals surface area contributed by atoms with E-state index in [1.807, 2.05) is 61.5 Å². The van der Waals surface area contributed by atoms with Gasteiger partial charge < -0.3 is 29.6 Å².